The first-order valence-electron chi connectivity index (χ1n) is 9.40. The van der Waals surface area contributed by atoms with Crippen LogP contribution in [-0.4, -0.2) is 33.3 Å². The average molecular weight is 382 g/mol. The summed E-state index contributed by atoms with van der Waals surface area (Å²) in [7, 11) is 0. The van der Waals surface area contributed by atoms with E-state index in [1.165, 1.54) is 6.20 Å². The van der Waals surface area contributed by atoms with Crippen LogP contribution in [-0.2, 0) is 9.59 Å². The van der Waals surface area contributed by atoms with Crippen LogP contribution in [0.4, 0.5) is 11.5 Å². The van der Waals surface area contributed by atoms with Gasteiger partial charge in [-0.1, -0.05) is 19.1 Å². The maximum Gasteiger partial charge on any atom is 0.313 e. The number of anilines is 2. The Kier molecular flexibility index (Phi) is 5.53. The number of phenolic OH excluding ortho intramolecular Hbond substituents is 1. The molecule has 0 saturated carbocycles. The van der Waals surface area contributed by atoms with Crippen molar-refractivity contribution in [3.8, 4) is 5.75 Å². The number of nitrogen functional groups attached to an aromatic ring is 1. The molecule has 0 aliphatic carbocycles. The third kappa shape index (κ3) is 3.93. The van der Waals surface area contributed by atoms with E-state index in [1.54, 1.807) is 29.2 Å². The smallest absolute Gasteiger partial charge is 0.313 e. The van der Waals surface area contributed by atoms with Gasteiger partial charge >= 0.3 is 11.8 Å². The number of hydrogen-bond acceptors (Lipinski definition) is 5. The predicted octanol–water partition coefficient (Wildman–Crippen LogP) is 2.92. The minimum absolute atomic E-state index is 0.172. The summed E-state index contributed by atoms with van der Waals surface area (Å²) in [6, 6.07) is 6.60. The zero-order valence-corrected chi connectivity index (χ0v) is 16.4. The van der Waals surface area contributed by atoms with Crippen LogP contribution in [0.1, 0.15) is 42.5 Å². The molecule has 2 heterocycles. The van der Waals surface area contributed by atoms with Gasteiger partial charge in [0.2, 0.25) is 0 Å². The summed E-state index contributed by atoms with van der Waals surface area (Å²) in [6.45, 7) is 6.23. The van der Waals surface area contributed by atoms with Gasteiger partial charge < -0.3 is 21.1 Å². The third-order valence-electron chi connectivity index (χ3n) is 5.48. The fourth-order valence-electron chi connectivity index (χ4n) is 3.57. The quantitative estimate of drug-likeness (QED) is 0.692. The van der Waals surface area contributed by atoms with Gasteiger partial charge in [-0.15, -0.1) is 0 Å². The molecule has 2 amide bonds. The molecule has 2 aromatic rings. The molecule has 7 nitrogen and oxygen atoms in total. The number of carbonyl (C=O) groups excluding carboxylic acids is 2. The van der Waals surface area contributed by atoms with Crippen LogP contribution in [0.3, 0.4) is 0 Å². The molecule has 148 valence electrons. The highest BCUT2D eigenvalue weighted by molar-refractivity contribution is 6.39. The molecule has 0 unspecified atom stereocenters. The molecule has 1 aliphatic heterocycles. The van der Waals surface area contributed by atoms with E-state index in [0.29, 0.717) is 24.0 Å². The second-order valence-corrected chi connectivity index (χ2v) is 7.51. The number of phenols is 1. The summed E-state index contributed by atoms with van der Waals surface area (Å²) in [4.78, 5) is 31.4. The molecule has 1 aromatic carbocycles. The summed E-state index contributed by atoms with van der Waals surface area (Å²) in [5, 5.41) is 12.2. The lowest BCUT2D eigenvalue weighted by atomic mass is 9.89. The normalized spacial score (nSPS) is 19.3. The number of piperidine rings is 1. The van der Waals surface area contributed by atoms with Crippen LogP contribution in [0.15, 0.2) is 30.5 Å². The highest BCUT2D eigenvalue weighted by Gasteiger charge is 2.34. The molecule has 1 aliphatic rings. The molecular weight excluding hydrogens is 356 g/mol. The number of likely N-dealkylation sites (tertiary alicyclic amines) is 1. The van der Waals surface area contributed by atoms with Crippen LogP contribution in [0.25, 0.3) is 0 Å². The molecule has 0 radical (unpaired) electrons. The fourth-order valence-corrected chi connectivity index (χ4v) is 3.57. The molecule has 7 heteroatoms. The first kappa shape index (κ1) is 19.7. The fraction of sp³-hybridized carbons (Fsp3) is 0.381. The van der Waals surface area contributed by atoms with E-state index in [0.717, 1.165) is 29.5 Å². The zero-order valence-electron chi connectivity index (χ0n) is 16.4. The number of carbonyl (C=O) groups is 2. The van der Waals surface area contributed by atoms with Gasteiger partial charge in [-0.2, -0.15) is 0 Å². The first-order chi connectivity index (χ1) is 13.3. The van der Waals surface area contributed by atoms with Gasteiger partial charge in [0.15, 0.2) is 0 Å². The molecule has 2 atom stereocenters. The van der Waals surface area contributed by atoms with E-state index in [-0.39, 0.29) is 11.8 Å². The molecule has 28 heavy (non-hydrogen) atoms. The minimum atomic E-state index is -0.688. The third-order valence-corrected chi connectivity index (χ3v) is 5.48. The molecular formula is C21H26N4O3. The summed E-state index contributed by atoms with van der Waals surface area (Å²) in [5.41, 5.74) is 8.75. The van der Waals surface area contributed by atoms with E-state index in [9.17, 15) is 14.7 Å². The highest BCUT2D eigenvalue weighted by atomic mass is 16.3. The van der Waals surface area contributed by atoms with Gasteiger partial charge in [-0.05, 0) is 61.4 Å². The topological polar surface area (TPSA) is 109 Å². The molecule has 1 aromatic heterocycles. The van der Waals surface area contributed by atoms with Crippen molar-refractivity contribution in [1.82, 2.24) is 9.88 Å². The second kappa shape index (κ2) is 7.88. The van der Waals surface area contributed by atoms with E-state index >= 15 is 0 Å². The Hall–Kier alpha value is -3.09. The van der Waals surface area contributed by atoms with Gasteiger partial charge in [0.05, 0.1) is 17.9 Å². The van der Waals surface area contributed by atoms with Crippen molar-refractivity contribution in [3.63, 3.8) is 0 Å². The number of nitrogens with two attached hydrogens (primary N) is 1. The Bertz CT molecular complexity index is 895. The predicted molar refractivity (Wildman–Crippen MR) is 108 cm³/mol. The number of nitrogens with zero attached hydrogens (tertiary/aromatic N) is 2. The number of hydrogen-bond donors (Lipinski definition) is 3. The SMILES string of the molecule is Cc1c(NC(=O)C(=O)N2C[C@H](C)CC[C@H]2c2ccc(O)cc2)cnc(N)c1C. The van der Waals surface area contributed by atoms with Crippen LogP contribution < -0.4 is 11.1 Å². The van der Waals surface area contributed by atoms with Crippen molar-refractivity contribution >= 4 is 23.3 Å². The van der Waals surface area contributed by atoms with Crippen molar-refractivity contribution in [2.24, 2.45) is 5.92 Å². The number of benzene rings is 1. The highest BCUT2D eigenvalue weighted by Crippen LogP contribution is 2.34. The van der Waals surface area contributed by atoms with Gasteiger partial charge in [-0.25, -0.2) is 4.98 Å². The molecule has 3 rings (SSSR count). The van der Waals surface area contributed by atoms with E-state index < -0.39 is 11.8 Å². The molecule has 0 spiro atoms. The van der Waals surface area contributed by atoms with Crippen molar-refractivity contribution in [2.45, 2.75) is 39.7 Å². The first-order valence-corrected chi connectivity index (χ1v) is 9.40. The standard InChI is InChI=1S/C21H26N4O3/c1-12-4-9-18(15-5-7-16(26)8-6-15)25(11-12)21(28)20(27)24-17-10-23-19(22)14(3)13(17)2/h5-8,10,12,18,26H,4,9,11H2,1-3H3,(H2,22,23)(H,24,27)/t12-,18+/m1/s1. The largest absolute Gasteiger partial charge is 0.508 e. The van der Waals surface area contributed by atoms with Crippen LogP contribution in [0.5, 0.6) is 5.75 Å². The van der Waals surface area contributed by atoms with Gasteiger partial charge in [0.25, 0.3) is 0 Å². The maximum atomic E-state index is 13.0. The number of amides is 2. The van der Waals surface area contributed by atoms with Crippen LogP contribution in [0.2, 0.25) is 0 Å². The van der Waals surface area contributed by atoms with Crippen molar-refractivity contribution in [2.75, 3.05) is 17.6 Å². The Morgan fingerprint density at radius 2 is 1.86 bits per heavy atom. The second-order valence-electron chi connectivity index (χ2n) is 7.51. The summed E-state index contributed by atoms with van der Waals surface area (Å²) < 4.78 is 0. The number of aromatic nitrogens is 1. The lowest BCUT2D eigenvalue weighted by molar-refractivity contribution is -0.146. The number of aromatic hydroxyl groups is 1. The summed E-state index contributed by atoms with van der Waals surface area (Å²) in [5.74, 6) is -0.373. The van der Waals surface area contributed by atoms with E-state index in [4.69, 9.17) is 5.73 Å². The summed E-state index contributed by atoms with van der Waals surface area (Å²) in [6.07, 6.45) is 3.21. The zero-order chi connectivity index (χ0) is 20.4. The monoisotopic (exact) mass is 382 g/mol. The van der Waals surface area contributed by atoms with Crippen LogP contribution >= 0.6 is 0 Å². The van der Waals surface area contributed by atoms with E-state index in [1.807, 2.05) is 13.8 Å². The average Bonchev–Trinajstić information content (AvgIpc) is 2.68. The number of rotatable bonds is 2. The molecule has 1 fully saturated rings. The molecule has 4 N–H and O–H groups in total. The molecule has 0 bridgehead atoms. The summed E-state index contributed by atoms with van der Waals surface area (Å²) >= 11 is 0. The number of nitrogens with one attached hydrogen (secondary N) is 1. The minimum Gasteiger partial charge on any atom is -0.508 e. The Morgan fingerprint density at radius 1 is 1.18 bits per heavy atom. The lowest BCUT2D eigenvalue weighted by Gasteiger charge is -2.38. The Balaban J connectivity index is 1.82. The van der Waals surface area contributed by atoms with Crippen molar-refractivity contribution < 1.29 is 14.7 Å². The Labute approximate surface area is 164 Å². The van der Waals surface area contributed by atoms with Gasteiger partial charge in [0.1, 0.15) is 11.6 Å². The maximum absolute atomic E-state index is 13.0. The van der Waals surface area contributed by atoms with Crippen LogP contribution in [0, 0.1) is 19.8 Å². The molecule has 1 saturated heterocycles. The number of pyridine rings is 1. The van der Waals surface area contributed by atoms with E-state index in [2.05, 4.69) is 17.2 Å². The van der Waals surface area contributed by atoms with Crippen molar-refractivity contribution in [3.05, 3.63) is 47.2 Å². The van der Waals surface area contributed by atoms with Gasteiger partial charge in [-0.3, -0.25) is 9.59 Å². The Morgan fingerprint density at radius 3 is 2.54 bits per heavy atom. The van der Waals surface area contributed by atoms with Crippen molar-refractivity contribution in [1.29, 1.82) is 0 Å². The van der Waals surface area contributed by atoms with Gasteiger partial charge in [0, 0.05) is 6.54 Å². The lowest BCUT2D eigenvalue weighted by Crippen LogP contribution is -2.46.